The summed E-state index contributed by atoms with van der Waals surface area (Å²) in [6, 6.07) is 10.2. The SMILES string of the molecule is CC(CO)C(C)NC(=O)C1CC1c1ccccc1. The van der Waals surface area contributed by atoms with Crippen LogP contribution in [0.3, 0.4) is 0 Å². The minimum absolute atomic E-state index is 0.0273. The summed E-state index contributed by atoms with van der Waals surface area (Å²) >= 11 is 0. The van der Waals surface area contributed by atoms with Gasteiger partial charge >= 0.3 is 0 Å². The quantitative estimate of drug-likeness (QED) is 0.835. The fourth-order valence-electron chi connectivity index (χ4n) is 2.19. The van der Waals surface area contributed by atoms with Gasteiger partial charge in [-0.05, 0) is 30.7 Å². The standard InChI is InChI=1S/C15H21NO2/c1-10(9-17)11(2)16-15(18)14-8-13(14)12-6-4-3-5-7-12/h3-7,10-11,13-14,17H,8-9H2,1-2H3,(H,16,18). The van der Waals surface area contributed by atoms with E-state index in [2.05, 4.69) is 17.4 Å². The van der Waals surface area contributed by atoms with Crippen molar-refractivity contribution in [3.05, 3.63) is 35.9 Å². The van der Waals surface area contributed by atoms with Gasteiger partial charge in [0.15, 0.2) is 0 Å². The number of hydrogen-bond acceptors (Lipinski definition) is 2. The summed E-state index contributed by atoms with van der Waals surface area (Å²) in [7, 11) is 0. The molecular formula is C15H21NO2. The Labute approximate surface area is 108 Å². The Kier molecular flexibility index (Phi) is 4.02. The molecule has 4 unspecified atom stereocenters. The van der Waals surface area contributed by atoms with Gasteiger partial charge in [-0.25, -0.2) is 0 Å². The Bertz CT molecular complexity index is 404. The van der Waals surface area contributed by atoms with E-state index in [9.17, 15) is 4.79 Å². The van der Waals surface area contributed by atoms with Crippen LogP contribution < -0.4 is 5.32 Å². The van der Waals surface area contributed by atoms with Gasteiger partial charge in [0, 0.05) is 18.6 Å². The minimum Gasteiger partial charge on any atom is -0.396 e. The van der Waals surface area contributed by atoms with Crippen LogP contribution in [0.2, 0.25) is 0 Å². The van der Waals surface area contributed by atoms with E-state index < -0.39 is 0 Å². The minimum atomic E-state index is 0.0273. The van der Waals surface area contributed by atoms with Crippen LogP contribution in [0.15, 0.2) is 30.3 Å². The lowest BCUT2D eigenvalue weighted by Crippen LogP contribution is -2.39. The average Bonchev–Trinajstić information content (AvgIpc) is 3.19. The van der Waals surface area contributed by atoms with E-state index in [1.807, 2.05) is 32.0 Å². The van der Waals surface area contributed by atoms with E-state index in [1.165, 1.54) is 5.56 Å². The van der Waals surface area contributed by atoms with Crippen LogP contribution in [0, 0.1) is 11.8 Å². The molecule has 3 heteroatoms. The number of aliphatic hydroxyl groups is 1. The molecule has 1 amide bonds. The summed E-state index contributed by atoms with van der Waals surface area (Å²) in [5, 5.41) is 12.0. The molecule has 98 valence electrons. The zero-order valence-electron chi connectivity index (χ0n) is 11.0. The monoisotopic (exact) mass is 247 g/mol. The smallest absolute Gasteiger partial charge is 0.223 e. The van der Waals surface area contributed by atoms with Crippen molar-refractivity contribution in [2.75, 3.05) is 6.61 Å². The van der Waals surface area contributed by atoms with Crippen molar-refractivity contribution in [1.29, 1.82) is 0 Å². The molecule has 1 aromatic carbocycles. The van der Waals surface area contributed by atoms with Crippen LogP contribution in [0.4, 0.5) is 0 Å². The molecule has 4 atom stereocenters. The number of benzene rings is 1. The maximum atomic E-state index is 12.0. The van der Waals surface area contributed by atoms with E-state index >= 15 is 0 Å². The van der Waals surface area contributed by atoms with Gasteiger partial charge in [-0.1, -0.05) is 37.3 Å². The molecular weight excluding hydrogens is 226 g/mol. The maximum Gasteiger partial charge on any atom is 0.223 e. The lowest BCUT2D eigenvalue weighted by Gasteiger charge is -2.19. The number of hydrogen-bond donors (Lipinski definition) is 2. The first-order chi connectivity index (χ1) is 8.63. The van der Waals surface area contributed by atoms with E-state index in [0.717, 1.165) is 6.42 Å². The fraction of sp³-hybridized carbons (Fsp3) is 0.533. The molecule has 1 aliphatic carbocycles. The average molecular weight is 247 g/mol. The summed E-state index contributed by atoms with van der Waals surface area (Å²) < 4.78 is 0. The number of nitrogens with one attached hydrogen (secondary N) is 1. The van der Waals surface area contributed by atoms with Crippen LogP contribution in [0.25, 0.3) is 0 Å². The van der Waals surface area contributed by atoms with Crippen LogP contribution in [0.5, 0.6) is 0 Å². The third-order valence-electron chi connectivity index (χ3n) is 3.87. The molecule has 0 saturated heterocycles. The van der Waals surface area contributed by atoms with Gasteiger partial charge < -0.3 is 10.4 Å². The highest BCUT2D eigenvalue weighted by Crippen LogP contribution is 2.47. The molecule has 0 heterocycles. The van der Waals surface area contributed by atoms with Crippen LogP contribution in [0.1, 0.15) is 31.7 Å². The fourth-order valence-corrected chi connectivity index (χ4v) is 2.19. The lowest BCUT2D eigenvalue weighted by atomic mass is 10.0. The number of carbonyl (C=O) groups excluding carboxylic acids is 1. The Hall–Kier alpha value is -1.35. The molecule has 2 N–H and O–H groups in total. The van der Waals surface area contributed by atoms with Crippen molar-refractivity contribution in [1.82, 2.24) is 5.32 Å². The van der Waals surface area contributed by atoms with Crippen molar-refractivity contribution >= 4 is 5.91 Å². The molecule has 0 radical (unpaired) electrons. The Morgan fingerprint density at radius 2 is 2.06 bits per heavy atom. The Morgan fingerprint density at radius 3 is 2.67 bits per heavy atom. The van der Waals surface area contributed by atoms with Crippen molar-refractivity contribution < 1.29 is 9.90 Å². The third-order valence-corrected chi connectivity index (χ3v) is 3.87. The van der Waals surface area contributed by atoms with Crippen LogP contribution >= 0.6 is 0 Å². The van der Waals surface area contributed by atoms with Gasteiger partial charge in [-0.15, -0.1) is 0 Å². The lowest BCUT2D eigenvalue weighted by molar-refractivity contribution is -0.123. The first-order valence-corrected chi connectivity index (χ1v) is 6.59. The summed E-state index contributed by atoms with van der Waals surface area (Å²) in [5.74, 6) is 0.711. The topological polar surface area (TPSA) is 49.3 Å². The Morgan fingerprint density at radius 1 is 1.39 bits per heavy atom. The largest absolute Gasteiger partial charge is 0.396 e. The maximum absolute atomic E-state index is 12.0. The van der Waals surface area contributed by atoms with Gasteiger partial charge in [0.25, 0.3) is 0 Å². The highest BCUT2D eigenvalue weighted by molar-refractivity contribution is 5.83. The number of carbonyl (C=O) groups is 1. The normalized spacial score (nSPS) is 25.3. The summed E-state index contributed by atoms with van der Waals surface area (Å²) in [4.78, 5) is 12.0. The van der Waals surface area contributed by atoms with Gasteiger partial charge in [0.1, 0.15) is 0 Å². The Balaban J connectivity index is 1.86. The van der Waals surface area contributed by atoms with Gasteiger partial charge in [0.05, 0.1) is 0 Å². The zero-order chi connectivity index (χ0) is 13.1. The molecule has 3 nitrogen and oxygen atoms in total. The molecule has 0 spiro atoms. The molecule has 1 aliphatic rings. The predicted molar refractivity (Wildman–Crippen MR) is 71.1 cm³/mol. The van der Waals surface area contributed by atoms with E-state index in [0.29, 0.717) is 5.92 Å². The van der Waals surface area contributed by atoms with Gasteiger partial charge in [-0.2, -0.15) is 0 Å². The van der Waals surface area contributed by atoms with Crippen LogP contribution in [-0.2, 0) is 4.79 Å². The first-order valence-electron chi connectivity index (χ1n) is 6.59. The van der Waals surface area contributed by atoms with Crippen molar-refractivity contribution in [2.24, 2.45) is 11.8 Å². The molecule has 2 rings (SSSR count). The van der Waals surface area contributed by atoms with Crippen molar-refractivity contribution in [2.45, 2.75) is 32.2 Å². The predicted octanol–water partition coefficient (Wildman–Crippen LogP) is 1.92. The number of amides is 1. The van der Waals surface area contributed by atoms with E-state index in [4.69, 9.17) is 5.11 Å². The molecule has 0 aromatic heterocycles. The summed E-state index contributed by atoms with van der Waals surface area (Å²) in [6.07, 6.45) is 0.941. The number of rotatable bonds is 5. The first kappa shape index (κ1) is 13.1. The third kappa shape index (κ3) is 2.91. The van der Waals surface area contributed by atoms with Gasteiger partial charge in [-0.3, -0.25) is 4.79 Å². The van der Waals surface area contributed by atoms with E-state index in [-0.39, 0.29) is 30.4 Å². The second-order valence-electron chi connectivity index (χ2n) is 5.32. The second-order valence-corrected chi connectivity index (χ2v) is 5.32. The van der Waals surface area contributed by atoms with Gasteiger partial charge in [0.2, 0.25) is 5.91 Å². The number of aliphatic hydroxyl groups excluding tert-OH is 1. The molecule has 1 aromatic rings. The molecule has 1 fully saturated rings. The molecule has 18 heavy (non-hydrogen) atoms. The summed E-state index contributed by atoms with van der Waals surface area (Å²) in [6.45, 7) is 3.99. The highest BCUT2D eigenvalue weighted by atomic mass is 16.3. The summed E-state index contributed by atoms with van der Waals surface area (Å²) in [5.41, 5.74) is 1.25. The van der Waals surface area contributed by atoms with Crippen molar-refractivity contribution in [3.8, 4) is 0 Å². The molecule has 0 aliphatic heterocycles. The molecule has 0 bridgehead atoms. The highest BCUT2D eigenvalue weighted by Gasteiger charge is 2.44. The zero-order valence-corrected chi connectivity index (χ0v) is 11.0. The second kappa shape index (κ2) is 5.53. The van der Waals surface area contributed by atoms with E-state index in [1.54, 1.807) is 0 Å². The van der Waals surface area contributed by atoms with Crippen molar-refractivity contribution in [3.63, 3.8) is 0 Å². The molecule has 1 saturated carbocycles. The van der Waals surface area contributed by atoms with Crippen LogP contribution in [-0.4, -0.2) is 23.7 Å².